The van der Waals surface area contributed by atoms with Gasteiger partial charge in [0.05, 0.1) is 6.20 Å². The van der Waals surface area contributed by atoms with Crippen molar-refractivity contribution in [1.82, 2.24) is 10.2 Å². The Morgan fingerprint density at radius 2 is 1.47 bits per heavy atom. The molecule has 0 bridgehead atoms. The maximum atomic E-state index is 13.0. The van der Waals surface area contributed by atoms with Crippen LogP contribution in [0.15, 0.2) is 66.9 Å². The Kier molecular flexibility index (Phi) is 3.02. The number of aromatic nitrogens is 2. The van der Waals surface area contributed by atoms with Gasteiger partial charge in [-0.25, -0.2) is 4.39 Å². The second kappa shape index (κ2) is 4.98. The zero-order valence-electron chi connectivity index (χ0n) is 10.1. The lowest BCUT2D eigenvalue weighted by atomic mass is 10.0. The van der Waals surface area contributed by atoms with Crippen LogP contribution in [-0.4, -0.2) is 10.2 Å². The van der Waals surface area contributed by atoms with Crippen LogP contribution in [0.25, 0.3) is 22.4 Å². The molecule has 1 heterocycles. The van der Waals surface area contributed by atoms with Crippen molar-refractivity contribution >= 4 is 0 Å². The number of halogens is 1. The van der Waals surface area contributed by atoms with Crippen LogP contribution in [0.5, 0.6) is 0 Å². The lowest BCUT2D eigenvalue weighted by Gasteiger charge is -2.07. The van der Waals surface area contributed by atoms with Gasteiger partial charge in [0.2, 0.25) is 0 Å². The zero-order valence-corrected chi connectivity index (χ0v) is 10.1. The smallest absolute Gasteiger partial charge is 0.123 e. The fourth-order valence-electron chi connectivity index (χ4n) is 2.00. The van der Waals surface area contributed by atoms with Gasteiger partial charge in [-0.3, -0.25) is 0 Å². The third-order valence-electron chi connectivity index (χ3n) is 2.92. The van der Waals surface area contributed by atoms with Crippen molar-refractivity contribution in [2.45, 2.75) is 0 Å². The predicted molar refractivity (Wildman–Crippen MR) is 72.9 cm³/mol. The lowest BCUT2D eigenvalue weighted by Crippen LogP contribution is -1.91. The molecule has 0 aliphatic heterocycles. The third kappa shape index (κ3) is 2.36. The monoisotopic (exact) mass is 250 g/mol. The molecule has 3 heteroatoms. The van der Waals surface area contributed by atoms with Crippen LogP contribution in [-0.2, 0) is 0 Å². The minimum absolute atomic E-state index is 0.256. The highest BCUT2D eigenvalue weighted by molar-refractivity contribution is 5.79. The lowest BCUT2D eigenvalue weighted by molar-refractivity contribution is 0.628. The Morgan fingerprint density at radius 1 is 0.737 bits per heavy atom. The molecule has 3 rings (SSSR count). The second-order valence-corrected chi connectivity index (χ2v) is 4.17. The van der Waals surface area contributed by atoms with Gasteiger partial charge in [0, 0.05) is 11.1 Å². The van der Waals surface area contributed by atoms with Gasteiger partial charge in [0.1, 0.15) is 11.5 Å². The molecule has 0 amide bonds. The van der Waals surface area contributed by atoms with Gasteiger partial charge in [-0.1, -0.05) is 30.3 Å². The Morgan fingerprint density at radius 3 is 2.21 bits per heavy atom. The van der Waals surface area contributed by atoms with Gasteiger partial charge in [-0.05, 0) is 35.9 Å². The zero-order chi connectivity index (χ0) is 13.1. The van der Waals surface area contributed by atoms with Crippen LogP contribution in [0.3, 0.4) is 0 Å². The summed E-state index contributed by atoms with van der Waals surface area (Å²) in [6, 6.07) is 18.2. The van der Waals surface area contributed by atoms with Gasteiger partial charge < -0.3 is 0 Å². The highest BCUT2D eigenvalue weighted by atomic mass is 19.1. The number of rotatable bonds is 2. The molecule has 0 N–H and O–H groups in total. The SMILES string of the molecule is Fc1ccc(-c2nnccc2-c2ccccc2)cc1. The molecule has 19 heavy (non-hydrogen) atoms. The Bertz CT molecular complexity index is 679. The van der Waals surface area contributed by atoms with E-state index in [1.165, 1.54) is 12.1 Å². The van der Waals surface area contributed by atoms with Crippen molar-refractivity contribution in [1.29, 1.82) is 0 Å². The average Bonchev–Trinajstić information content (AvgIpc) is 2.49. The van der Waals surface area contributed by atoms with E-state index in [-0.39, 0.29) is 5.82 Å². The number of nitrogens with zero attached hydrogens (tertiary/aromatic N) is 2. The molecule has 0 radical (unpaired) electrons. The highest BCUT2D eigenvalue weighted by Gasteiger charge is 2.08. The molecule has 0 saturated carbocycles. The van der Waals surface area contributed by atoms with Crippen LogP contribution in [0, 0.1) is 5.82 Å². The van der Waals surface area contributed by atoms with Crippen molar-refractivity contribution in [3.8, 4) is 22.4 Å². The summed E-state index contributed by atoms with van der Waals surface area (Å²) in [4.78, 5) is 0. The molecule has 92 valence electrons. The van der Waals surface area contributed by atoms with Crippen LogP contribution in [0.1, 0.15) is 0 Å². The first kappa shape index (κ1) is 11.5. The largest absolute Gasteiger partial charge is 0.207 e. The molecule has 3 aromatic rings. The Labute approximate surface area is 110 Å². The van der Waals surface area contributed by atoms with Gasteiger partial charge in [0.25, 0.3) is 0 Å². The number of hydrogen-bond acceptors (Lipinski definition) is 2. The summed E-state index contributed by atoms with van der Waals surface area (Å²) in [5.41, 5.74) is 3.67. The van der Waals surface area contributed by atoms with E-state index >= 15 is 0 Å². The molecular formula is C16H11FN2. The second-order valence-electron chi connectivity index (χ2n) is 4.17. The van der Waals surface area contributed by atoms with Crippen molar-refractivity contribution < 1.29 is 4.39 Å². The summed E-state index contributed by atoms with van der Waals surface area (Å²) in [5, 5.41) is 8.11. The summed E-state index contributed by atoms with van der Waals surface area (Å²) in [6.45, 7) is 0. The van der Waals surface area contributed by atoms with Gasteiger partial charge in [-0.15, -0.1) is 5.10 Å². The highest BCUT2D eigenvalue weighted by Crippen LogP contribution is 2.29. The van der Waals surface area contributed by atoms with E-state index in [4.69, 9.17) is 0 Å². The molecular weight excluding hydrogens is 239 g/mol. The topological polar surface area (TPSA) is 25.8 Å². The van der Waals surface area contributed by atoms with Crippen LogP contribution in [0.4, 0.5) is 4.39 Å². The summed E-state index contributed by atoms with van der Waals surface area (Å²) in [5.74, 6) is -0.256. The minimum atomic E-state index is -0.256. The summed E-state index contributed by atoms with van der Waals surface area (Å²) < 4.78 is 13.0. The number of benzene rings is 2. The minimum Gasteiger partial charge on any atom is -0.207 e. The van der Waals surface area contributed by atoms with E-state index in [1.807, 2.05) is 36.4 Å². The van der Waals surface area contributed by atoms with Gasteiger partial charge >= 0.3 is 0 Å². The van der Waals surface area contributed by atoms with E-state index in [2.05, 4.69) is 10.2 Å². The third-order valence-corrected chi connectivity index (χ3v) is 2.92. The summed E-state index contributed by atoms with van der Waals surface area (Å²) in [6.07, 6.45) is 1.66. The van der Waals surface area contributed by atoms with Crippen LogP contribution < -0.4 is 0 Å². The standard InChI is InChI=1S/C16H11FN2/c17-14-8-6-13(7-9-14)16-15(10-11-18-19-16)12-4-2-1-3-5-12/h1-11H. The molecule has 0 atom stereocenters. The molecule has 0 saturated heterocycles. The van der Waals surface area contributed by atoms with E-state index in [1.54, 1.807) is 18.3 Å². The molecule has 2 nitrogen and oxygen atoms in total. The molecule has 1 aromatic heterocycles. The first-order valence-corrected chi connectivity index (χ1v) is 5.97. The van der Waals surface area contributed by atoms with Crippen molar-refractivity contribution in [3.63, 3.8) is 0 Å². The van der Waals surface area contributed by atoms with E-state index in [9.17, 15) is 4.39 Å². The Balaban J connectivity index is 2.15. The van der Waals surface area contributed by atoms with E-state index in [0.717, 1.165) is 22.4 Å². The molecule has 2 aromatic carbocycles. The van der Waals surface area contributed by atoms with Crippen LogP contribution >= 0.6 is 0 Å². The first-order chi connectivity index (χ1) is 9.34. The maximum Gasteiger partial charge on any atom is 0.123 e. The Hall–Kier alpha value is -2.55. The first-order valence-electron chi connectivity index (χ1n) is 5.97. The molecule has 0 aliphatic rings. The molecule has 0 aliphatic carbocycles. The van der Waals surface area contributed by atoms with Crippen LogP contribution in [0.2, 0.25) is 0 Å². The maximum absolute atomic E-state index is 13.0. The fraction of sp³-hybridized carbons (Fsp3) is 0. The summed E-state index contributed by atoms with van der Waals surface area (Å²) in [7, 11) is 0. The van der Waals surface area contributed by atoms with Crippen molar-refractivity contribution in [2.24, 2.45) is 0 Å². The van der Waals surface area contributed by atoms with Crippen molar-refractivity contribution in [2.75, 3.05) is 0 Å². The molecule has 0 fully saturated rings. The van der Waals surface area contributed by atoms with E-state index < -0.39 is 0 Å². The van der Waals surface area contributed by atoms with Gasteiger partial charge in [0.15, 0.2) is 0 Å². The van der Waals surface area contributed by atoms with Crippen molar-refractivity contribution in [3.05, 3.63) is 72.7 Å². The number of hydrogen-bond donors (Lipinski definition) is 0. The quantitative estimate of drug-likeness (QED) is 0.688. The van der Waals surface area contributed by atoms with Gasteiger partial charge in [-0.2, -0.15) is 5.10 Å². The normalized spacial score (nSPS) is 10.4. The van der Waals surface area contributed by atoms with E-state index in [0.29, 0.717) is 0 Å². The summed E-state index contributed by atoms with van der Waals surface area (Å²) >= 11 is 0. The molecule has 0 unspecified atom stereocenters. The molecule has 0 spiro atoms. The fourth-order valence-corrected chi connectivity index (χ4v) is 2.00. The average molecular weight is 250 g/mol. The predicted octanol–water partition coefficient (Wildman–Crippen LogP) is 3.95.